The first-order chi connectivity index (χ1) is 14.3. The van der Waals surface area contributed by atoms with Crippen molar-refractivity contribution in [2.75, 3.05) is 51.7 Å². The number of aromatic nitrogens is 3. The van der Waals surface area contributed by atoms with E-state index in [0.29, 0.717) is 18.5 Å². The SMILES string of the molecule is CN1CCN(CCCOc2cc3c(NC4CCCCCC4)ncnc3cn2)CC1. The number of fused-ring (bicyclic) bond motifs is 1. The molecule has 3 heterocycles. The Morgan fingerprint density at radius 1 is 1.03 bits per heavy atom. The van der Waals surface area contributed by atoms with Crippen LogP contribution < -0.4 is 10.1 Å². The highest BCUT2D eigenvalue weighted by Gasteiger charge is 2.15. The lowest BCUT2D eigenvalue weighted by atomic mass is 10.1. The Kier molecular flexibility index (Phi) is 7.11. The molecular weight excluding hydrogens is 364 g/mol. The minimum absolute atomic E-state index is 0.497. The van der Waals surface area contributed by atoms with E-state index in [1.165, 1.54) is 38.5 Å². The number of pyridine rings is 1. The molecule has 0 unspecified atom stereocenters. The molecule has 0 radical (unpaired) electrons. The Hall–Kier alpha value is -1.99. The Bertz CT molecular complexity index is 769. The molecule has 2 fully saturated rings. The fourth-order valence-corrected chi connectivity index (χ4v) is 4.29. The molecule has 1 aliphatic heterocycles. The van der Waals surface area contributed by atoms with Crippen molar-refractivity contribution in [2.24, 2.45) is 0 Å². The van der Waals surface area contributed by atoms with Crippen LogP contribution in [0.5, 0.6) is 5.88 Å². The molecule has 158 valence electrons. The van der Waals surface area contributed by atoms with Crippen LogP contribution in [0.2, 0.25) is 0 Å². The summed E-state index contributed by atoms with van der Waals surface area (Å²) >= 11 is 0. The standard InChI is InChI=1S/C22H34N6O/c1-27-10-12-28(13-11-27)9-6-14-29-21-15-19-20(16-23-21)24-17-25-22(19)26-18-7-4-2-3-5-8-18/h15-18H,2-14H2,1H3,(H,24,25,26). The number of rotatable bonds is 7. The zero-order chi connectivity index (χ0) is 19.9. The zero-order valence-corrected chi connectivity index (χ0v) is 17.6. The van der Waals surface area contributed by atoms with Crippen molar-refractivity contribution in [3.8, 4) is 5.88 Å². The smallest absolute Gasteiger partial charge is 0.214 e. The number of piperazine rings is 1. The number of nitrogens with one attached hydrogen (secondary N) is 1. The van der Waals surface area contributed by atoms with Crippen LogP contribution in [0.4, 0.5) is 5.82 Å². The number of hydrogen-bond donors (Lipinski definition) is 1. The highest BCUT2D eigenvalue weighted by atomic mass is 16.5. The fourth-order valence-electron chi connectivity index (χ4n) is 4.29. The van der Waals surface area contributed by atoms with E-state index in [9.17, 15) is 0 Å². The number of ether oxygens (including phenoxy) is 1. The van der Waals surface area contributed by atoms with Crippen molar-refractivity contribution in [3.05, 3.63) is 18.6 Å². The monoisotopic (exact) mass is 398 g/mol. The number of anilines is 1. The van der Waals surface area contributed by atoms with Gasteiger partial charge in [0.25, 0.3) is 0 Å². The lowest BCUT2D eigenvalue weighted by Crippen LogP contribution is -2.44. The van der Waals surface area contributed by atoms with Crippen molar-refractivity contribution in [1.82, 2.24) is 24.8 Å². The van der Waals surface area contributed by atoms with Gasteiger partial charge in [-0.05, 0) is 26.3 Å². The molecule has 0 spiro atoms. The second-order valence-corrected chi connectivity index (χ2v) is 8.44. The lowest BCUT2D eigenvalue weighted by molar-refractivity contribution is 0.145. The van der Waals surface area contributed by atoms with Crippen molar-refractivity contribution in [1.29, 1.82) is 0 Å². The van der Waals surface area contributed by atoms with Crippen LogP contribution in [0.3, 0.4) is 0 Å². The Morgan fingerprint density at radius 2 is 1.83 bits per heavy atom. The molecule has 7 heteroatoms. The van der Waals surface area contributed by atoms with Crippen LogP contribution in [0.15, 0.2) is 18.6 Å². The third kappa shape index (κ3) is 5.76. The first-order valence-corrected chi connectivity index (χ1v) is 11.2. The van der Waals surface area contributed by atoms with E-state index in [-0.39, 0.29) is 0 Å². The molecule has 1 N–H and O–H groups in total. The molecule has 1 aliphatic carbocycles. The maximum atomic E-state index is 5.96. The predicted molar refractivity (Wildman–Crippen MR) is 116 cm³/mol. The van der Waals surface area contributed by atoms with E-state index in [1.807, 2.05) is 6.07 Å². The van der Waals surface area contributed by atoms with Crippen LogP contribution in [0, 0.1) is 0 Å². The zero-order valence-electron chi connectivity index (χ0n) is 17.6. The molecule has 7 nitrogen and oxygen atoms in total. The van der Waals surface area contributed by atoms with Gasteiger partial charge in [-0.25, -0.2) is 15.0 Å². The molecule has 0 bridgehead atoms. The topological polar surface area (TPSA) is 66.4 Å². The van der Waals surface area contributed by atoms with E-state index in [1.54, 1.807) is 12.5 Å². The number of likely N-dealkylation sites (N-methyl/N-ethyl adjacent to an activating group) is 1. The summed E-state index contributed by atoms with van der Waals surface area (Å²) in [5.74, 6) is 1.57. The molecule has 2 aromatic heterocycles. The average Bonchev–Trinajstić information content (AvgIpc) is 3.01. The number of hydrogen-bond acceptors (Lipinski definition) is 7. The van der Waals surface area contributed by atoms with Gasteiger partial charge in [-0.2, -0.15) is 0 Å². The summed E-state index contributed by atoms with van der Waals surface area (Å²) in [7, 11) is 2.19. The summed E-state index contributed by atoms with van der Waals surface area (Å²) in [6.45, 7) is 6.38. The molecule has 0 amide bonds. The second kappa shape index (κ2) is 10.2. The highest BCUT2D eigenvalue weighted by Crippen LogP contribution is 2.26. The Morgan fingerprint density at radius 3 is 2.62 bits per heavy atom. The normalized spacial score (nSPS) is 19.9. The Balaban J connectivity index is 1.34. The third-order valence-corrected chi connectivity index (χ3v) is 6.16. The van der Waals surface area contributed by atoms with Crippen LogP contribution in [0.25, 0.3) is 10.9 Å². The van der Waals surface area contributed by atoms with Gasteiger partial charge in [-0.3, -0.25) is 0 Å². The van der Waals surface area contributed by atoms with Gasteiger partial charge in [0, 0.05) is 50.2 Å². The summed E-state index contributed by atoms with van der Waals surface area (Å²) < 4.78 is 5.96. The molecule has 2 aromatic rings. The van der Waals surface area contributed by atoms with Crippen LogP contribution in [-0.2, 0) is 0 Å². The lowest BCUT2D eigenvalue weighted by Gasteiger charge is -2.32. The van der Waals surface area contributed by atoms with Gasteiger partial charge in [0.05, 0.1) is 18.3 Å². The minimum atomic E-state index is 0.497. The summed E-state index contributed by atoms with van der Waals surface area (Å²) in [6, 6.07) is 2.49. The summed E-state index contributed by atoms with van der Waals surface area (Å²) in [6.07, 6.45) is 12.1. The summed E-state index contributed by atoms with van der Waals surface area (Å²) in [4.78, 5) is 18.2. The average molecular weight is 399 g/mol. The van der Waals surface area contributed by atoms with Crippen molar-refractivity contribution in [2.45, 2.75) is 51.0 Å². The van der Waals surface area contributed by atoms with Crippen molar-refractivity contribution in [3.63, 3.8) is 0 Å². The van der Waals surface area contributed by atoms with Gasteiger partial charge >= 0.3 is 0 Å². The Labute approximate surface area is 173 Å². The van der Waals surface area contributed by atoms with E-state index in [2.05, 4.69) is 37.1 Å². The maximum Gasteiger partial charge on any atom is 0.214 e. The van der Waals surface area contributed by atoms with Gasteiger partial charge in [-0.1, -0.05) is 25.7 Å². The molecule has 2 aliphatic rings. The van der Waals surface area contributed by atoms with Gasteiger partial charge in [0.15, 0.2) is 0 Å². The van der Waals surface area contributed by atoms with E-state index in [4.69, 9.17) is 4.74 Å². The van der Waals surface area contributed by atoms with Gasteiger partial charge in [-0.15, -0.1) is 0 Å². The quantitative estimate of drug-likeness (QED) is 0.567. The molecule has 0 atom stereocenters. The van der Waals surface area contributed by atoms with Crippen LogP contribution in [-0.4, -0.2) is 77.2 Å². The second-order valence-electron chi connectivity index (χ2n) is 8.44. The maximum absolute atomic E-state index is 5.96. The van der Waals surface area contributed by atoms with Crippen molar-refractivity contribution >= 4 is 16.7 Å². The molecule has 4 rings (SSSR count). The minimum Gasteiger partial charge on any atom is -0.478 e. The van der Waals surface area contributed by atoms with E-state index >= 15 is 0 Å². The summed E-state index contributed by atoms with van der Waals surface area (Å²) in [5.41, 5.74) is 0.862. The van der Waals surface area contributed by atoms with Gasteiger partial charge in [0.2, 0.25) is 5.88 Å². The molecule has 1 saturated heterocycles. The number of nitrogens with zero attached hydrogens (tertiary/aromatic N) is 5. The van der Waals surface area contributed by atoms with Crippen LogP contribution >= 0.6 is 0 Å². The largest absolute Gasteiger partial charge is 0.478 e. The highest BCUT2D eigenvalue weighted by molar-refractivity contribution is 5.89. The fraction of sp³-hybridized carbons (Fsp3) is 0.682. The van der Waals surface area contributed by atoms with Gasteiger partial charge in [0.1, 0.15) is 12.1 Å². The van der Waals surface area contributed by atoms with Gasteiger partial charge < -0.3 is 19.9 Å². The molecule has 1 saturated carbocycles. The molecule has 0 aromatic carbocycles. The third-order valence-electron chi connectivity index (χ3n) is 6.16. The first-order valence-electron chi connectivity index (χ1n) is 11.2. The predicted octanol–water partition coefficient (Wildman–Crippen LogP) is 3.18. The molecular formula is C22H34N6O. The first kappa shape index (κ1) is 20.3. The molecule has 29 heavy (non-hydrogen) atoms. The summed E-state index contributed by atoms with van der Waals surface area (Å²) in [5, 5.41) is 4.66. The van der Waals surface area contributed by atoms with E-state index in [0.717, 1.165) is 55.9 Å². The van der Waals surface area contributed by atoms with E-state index < -0.39 is 0 Å². The van der Waals surface area contributed by atoms with Crippen LogP contribution in [0.1, 0.15) is 44.9 Å². The van der Waals surface area contributed by atoms with Crippen molar-refractivity contribution < 1.29 is 4.74 Å².